The Morgan fingerprint density at radius 2 is 1.13 bits per heavy atom. The summed E-state index contributed by atoms with van der Waals surface area (Å²) in [5.41, 5.74) is 3.69. The Morgan fingerprint density at radius 1 is 0.736 bits per heavy atom. The van der Waals surface area contributed by atoms with Gasteiger partial charge in [-0.2, -0.15) is 8.42 Å². The monoisotopic (exact) mass is 746 g/mol. The first-order valence-electron chi connectivity index (χ1n) is 18.1. The Hall–Kier alpha value is -3.95. The van der Waals surface area contributed by atoms with Crippen LogP contribution in [0.3, 0.4) is 0 Å². The molecule has 53 heavy (non-hydrogen) atoms. The van der Waals surface area contributed by atoms with Crippen molar-refractivity contribution in [3.05, 3.63) is 97.4 Å². The molecule has 4 aromatic rings. The van der Waals surface area contributed by atoms with Crippen LogP contribution in [0.4, 0.5) is 0 Å². The molecule has 10 rings (SSSR count). The minimum absolute atomic E-state index is 0.178. The highest BCUT2D eigenvalue weighted by atomic mass is 32.3. The molecule has 0 saturated carbocycles. The molecule has 284 valence electrons. The Morgan fingerprint density at radius 3 is 1.45 bits per heavy atom. The van der Waals surface area contributed by atoms with E-state index in [1.807, 2.05) is 48.5 Å². The third-order valence-electron chi connectivity index (χ3n) is 11.6. The number of pyridine rings is 2. The van der Waals surface area contributed by atoms with Gasteiger partial charge in [-0.25, -0.2) is 0 Å². The smallest absolute Gasteiger partial charge is 0.394 e. The van der Waals surface area contributed by atoms with Crippen LogP contribution in [0, 0.1) is 23.7 Å². The van der Waals surface area contributed by atoms with Gasteiger partial charge >= 0.3 is 10.4 Å². The summed E-state index contributed by atoms with van der Waals surface area (Å²) in [5.74, 6) is 4.01. The van der Waals surface area contributed by atoms with Crippen LogP contribution in [0.15, 0.2) is 86.2 Å². The summed E-state index contributed by atoms with van der Waals surface area (Å²) in [7, 11) is -1.34. The average Bonchev–Trinajstić information content (AvgIpc) is 3.19. The largest absolute Gasteiger partial charge is 0.497 e. The third-order valence-corrected chi connectivity index (χ3v) is 11.6. The fraction of sp³-hybridized carbons (Fsp3) is 0.450. The molecule has 2 aromatic carbocycles. The van der Waals surface area contributed by atoms with Crippen molar-refractivity contribution in [1.82, 2.24) is 19.8 Å². The second-order valence-electron chi connectivity index (χ2n) is 14.4. The number of hydrogen-bond donors (Lipinski definition) is 4. The minimum atomic E-state index is -4.67. The number of rotatable bonds is 8. The van der Waals surface area contributed by atoms with Gasteiger partial charge in [0.1, 0.15) is 11.5 Å². The maximum absolute atomic E-state index is 11.2. The summed E-state index contributed by atoms with van der Waals surface area (Å²) in [6.45, 7) is 12.1. The fourth-order valence-corrected chi connectivity index (χ4v) is 8.89. The molecule has 0 radical (unpaired) electrons. The van der Waals surface area contributed by atoms with Crippen LogP contribution in [0.2, 0.25) is 0 Å². The van der Waals surface area contributed by atoms with Crippen LogP contribution in [-0.4, -0.2) is 100.0 Å². The standard InChI is InChI=1S/2C20H24N2O2.H2O4S/c2*1-3-13-12-22-9-7-14(13)10-19(22)20(23)16-6-8-21-18-5-4-15(24-2)11-17(16)18;1-5(2,3)4/h2*3-6,8,11,13-14,19-20,23H,1,7,9-10,12H2,2H3;(H2,1,2,3,4)/t2*13-,14?,19+,20-;/m00./s1. The molecule has 10 atom stereocenters. The predicted octanol–water partition coefficient (Wildman–Crippen LogP) is 5.69. The third kappa shape index (κ3) is 8.73. The SMILES string of the molecule is C=C[C@H]1CN2CCC1C[C@@H]2[C@@H](O)c1ccnc2ccc(OC)cc12.C=C[C@H]1CN2CCC1C[C@@H]2[C@@H](O)c1ccnc2ccc(OC)cc12.O=S(=O)(O)O. The van der Waals surface area contributed by atoms with Gasteiger partial charge in [0.25, 0.3) is 0 Å². The van der Waals surface area contributed by atoms with Crippen LogP contribution < -0.4 is 9.47 Å². The molecule has 4 bridgehead atoms. The summed E-state index contributed by atoms with van der Waals surface area (Å²) in [6, 6.07) is 15.9. The minimum Gasteiger partial charge on any atom is -0.497 e. The van der Waals surface area contributed by atoms with Crippen LogP contribution in [-0.2, 0) is 10.4 Å². The molecule has 4 N–H and O–H groups in total. The van der Waals surface area contributed by atoms with Crippen molar-refractivity contribution in [3.63, 3.8) is 0 Å². The van der Waals surface area contributed by atoms with Gasteiger partial charge < -0.3 is 19.7 Å². The highest BCUT2D eigenvalue weighted by Crippen LogP contribution is 2.43. The highest BCUT2D eigenvalue weighted by molar-refractivity contribution is 7.79. The van der Waals surface area contributed by atoms with Gasteiger partial charge in [-0.3, -0.25) is 28.9 Å². The first kappa shape index (κ1) is 38.8. The van der Waals surface area contributed by atoms with E-state index in [1.54, 1.807) is 26.6 Å². The van der Waals surface area contributed by atoms with Crippen molar-refractivity contribution in [3.8, 4) is 11.5 Å². The van der Waals surface area contributed by atoms with Crippen LogP contribution >= 0.6 is 0 Å². The lowest BCUT2D eigenvalue weighted by Crippen LogP contribution is -2.54. The molecule has 6 fully saturated rings. The zero-order chi connectivity index (χ0) is 37.9. The molecular formula is C40H50N4O8S. The normalized spacial score (nSPS) is 28.5. The molecule has 0 spiro atoms. The van der Waals surface area contributed by atoms with Crippen LogP contribution in [0.25, 0.3) is 21.8 Å². The molecule has 12 nitrogen and oxygen atoms in total. The molecule has 6 saturated heterocycles. The zero-order valence-electron chi connectivity index (χ0n) is 30.2. The quantitative estimate of drug-likeness (QED) is 0.129. The Bertz CT molecular complexity index is 1890. The van der Waals surface area contributed by atoms with Crippen molar-refractivity contribution in [1.29, 1.82) is 0 Å². The highest BCUT2D eigenvalue weighted by Gasteiger charge is 2.43. The van der Waals surface area contributed by atoms with E-state index in [0.717, 1.165) is 83.5 Å². The van der Waals surface area contributed by atoms with Crippen molar-refractivity contribution in [2.24, 2.45) is 23.7 Å². The summed E-state index contributed by atoms with van der Waals surface area (Å²) < 4.78 is 42.3. The van der Waals surface area contributed by atoms with Crippen molar-refractivity contribution >= 4 is 32.2 Å². The second-order valence-corrected chi connectivity index (χ2v) is 15.3. The zero-order valence-corrected chi connectivity index (χ0v) is 31.1. The molecule has 4 unspecified atom stereocenters. The lowest BCUT2D eigenvalue weighted by atomic mass is 9.73. The topological polar surface area (TPSA) is 166 Å². The first-order chi connectivity index (χ1) is 25.4. The Kier molecular flexibility index (Phi) is 12.1. The van der Waals surface area contributed by atoms with Gasteiger partial charge in [0.05, 0.1) is 37.5 Å². The summed E-state index contributed by atoms with van der Waals surface area (Å²) >= 11 is 0. The molecule has 0 amide bonds. The van der Waals surface area contributed by atoms with Crippen LogP contribution in [0.5, 0.6) is 11.5 Å². The van der Waals surface area contributed by atoms with Gasteiger partial charge in [-0.05, 0) is 122 Å². The van der Waals surface area contributed by atoms with E-state index >= 15 is 0 Å². The van der Waals surface area contributed by atoms with E-state index in [2.05, 4.69) is 45.1 Å². The number of aromatic nitrogens is 2. The number of nitrogens with zero attached hydrogens (tertiary/aromatic N) is 4. The Labute approximate surface area is 311 Å². The molecular weight excluding hydrogens is 697 g/mol. The fourth-order valence-electron chi connectivity index (χ4n) is 8.89. The van der Waals surface area contributed by atoms with Crippen LogP contribution in [0.1, 0.15) is 49.0 Å². The van der Waals surface area contributed by atoms with E-state index in [1.165, 1.54) is 12.8 Å². The average molecular weight is 747 g/mol. The van der Waals surface area contributed by atoms with Gasteiger partial charge in [0.15, 0.2) is 0 Å². The maximum atomic E-state index is 11.2. The van der Waals surface area contributed by atoms with E-state index < -0.39 is 22.6 Å². The van der Waals surface area contributed by atoms with Gasteiger partial charge in [-0.15, -0.1) is 13.2 Å². The summed E-state index contributed by atoms with van der Waals surface area (Å²) in [4.78, 5) is 13.7. The van der Waals surface area contributed by atoms with Gasteiger partial charge in [0.2, 0.25) is 0 Å². The first-order valence-corrected chi connectivity index (χ1v) is 19.5. The molecule has 6 aliphatic rings. The number of methoxy groups -OCH3 is 2. The number of benzene rings is 2. The van der Waals surface area contributed by atoms with Crippen molar-refractivity contribution in [2.75, 3.05) is 40.4 Å². The number of aliphatic hydroxyl groups excluding tert-OH is 2. The lowest BCUT2D eigenvalue weighted by molar-refractivity contribution is -0.0445. The number of ether oxygens (including phenoxy) is 2. The van der Waals surface area contributed by atoms with E-state index in [9.17, 15) is 10.2 Å². The van der Waals surface area contributed by atoms with E-state index in [0.29, 0.717) is 23.7 Å². The molecule has 13 heteroatoms. The predicted molar refractivity (Wildman–Crippen MR) is 204 cm³/mol. The maximum Gasteiger partial charge on any atom is 0.394 e. The molecule has 2 aromatic heterocycles. The number of hydrogen-bond acceptors (Lipinski definition) is 10. The van der Waals surface area contributed by atoms with Gasteiger partial charge in [-0.1, -0.05) is 12.2 Å². The van der Waals surface area contributed by atoms with E-state index in [4.69, 9.17) is 27.0 Å². The Balaban J connectivity index is 0.000000161. The second kappa shape index (κ2) is 16.6. The van der Waals surface area contributed by atoms with Crippen molar-refractivity contribution < 1.29 is 37.2 Å². The van der Waals surface area contributed by atoms with Gasteiger partial charge in [0, 0.05) is 48.3 Å². The molecule has 8 heterocycles. The lowest BCUT2D eigenvalue weighted by Gasteiger charge is -2.50. The van der Waals surface area contributed by atoms with Crippen molar-refractivity contribution in [2.45, 2.75) is 50.0 Å². The summed E-state index contributed by atoms with van der Waals surface area (Å²) in [6.07, 6.45) is 11.2. The number of fused-ring (bicyclic) bond motifs is 8. The molecule has 6 aliphatic heterocycles. The summed E-state index contributed by atoms with van der Waals surface area (Å²) in [5, 5.41) is 24.3. The van der Waals surface area contributed by atoms with E-state index in [-0.39, 0.29) is 12.1 Å². The number of aliphatic hydroxyl groups is 2. The molecule has 0 aliphatic carbocycles. The number of piperidine rings is 6.